The molecule has 0 radical (unpaired) electrons. The fourth-order valence-corrected chi connectivity index (χ4v) is 3.23. The van der Waals surface area contributed by atoms with E-state index >= 15 is 0 Å². The molecule has 0 aliphatic carbocycles. The van der Waals surface area contributed by atoms with E-state index in [2.05, 4.69) is 10.6 Å². The first-order chi connectivity index (χ1) is 13.9. The molecule has 1 aliphatic rings. The molecule has 4 rings (SSSR count). The minimum absolute atomic E-state index is 0.0187. The molecule has 3 amide bonds. The van der Waals surface area contributed by atoms with Gasteiger partial charge in [0.25, 0.3) is 17.4 Å². The summed E-state index contributed by atoms with van der Waals surface area (Å²) in [6.07, 6.45) is 0.239. The van der Waals surface area contributed by atoms with Gasteiger partial charge in [-0.2, -0.15) is 0 Å². The van der Waals surface area contributed by atoms with E-state index in [1.54, 1.807) is 24.3 Å². The van der Waals surface area contributed by atoms with E-state index < -0.39 is 17.4 Å². The molecule has 4 N–H and O–H groups in total. The van der Waals surface area contributed by atoms with Crippen LogP contribution in [-0.4, -0.2) is 22.3 Å². The summed E-state index contributed by atoms with van der Waals surface area (Å²) in [5.74, 6) is -1.57. The fourth-order valence-electron chi connectivity index (χ4n) is 3.23. The second-order valence-electron chi connectivity index (χ2n) is 6.53. The minimum Gasteiger partial charge on any atom is -0.384 e. The number of benzene rings is 2. The standard InChI is InChI=1S/C21H16N4O4/c22-19-18-15(20(28)24-21(18)29)11-17(27)25(19)14-8-6-13(7-9-14)23-16(26)10-12-4-2-1-3-5-12/h1-9,11H,10,22H2,(H,23,26)(H,24,28,29). The van der Waals surface area contributed by atoms with Crippen molar-refractivity contribution in [2.24, 2.45) is 0 Å². The highest BCUT2D eigenvalue weighted by molar-refractivity contribution is 6.23. The highest BCUT2D eigenvalue weighted by Crippen LogP contribution is 2.23. The lowest BCUT2D eigenvalue weighted by Gasteiger charge is -2.12. The number of carbonyl (C=O) groups is 3. The van der Waals surface area contributed by atoms with Crippen LogP contribution in [0.2, 0.25) is 0 Å². The molecule has 1 aromatic heterocycles. The van der Waals surface area contributed by atoms with Crippen molar-refractivity contribution in [1.82, 2.24) is 9.88 Å². The average molecular weight is 388 g/mol. The Kier molecular flexibility index (Phi) is 4.44. The number of hydrogen-bond donors (Lipinski definition) is 3. The van der Waals surface area contributed by atoms with Gasteiger partial charge in [0.05, 0.1) is 23.2 Å². The maximum Gasteiger partial charge on any atom is 0.262 e. The first-order valence-electron chi connectivity index (χ1n) is 8.79. The van der Waals surface area contributed by atoms with Crippen molar-refractivity contribution in [3.05, 3.63) is 87.7 Å². The monoisotopic (exact) mass is 388 g/mol. The Labute approximate surface area is 165 Å². The predicted molar refractivity (Wildman–Crippen MR) is 107 cm³/mol. The summed E-state index contributed by atoms with van der Waals surface area (Å²) in [7, 11) is 0. The first-order valence-corrected chi connectivity index (χ1v) is 8.79. The van der Waals surface area contributed by atoms with Crippen molar-refractivity contribution in [3.63, 3.8) is 0 Å². The lowest BCUT2D eigenvalue weighted by molar-refractivity contribution is -0.115. The Morgan fingerprint density at radius 3 is 2.34 bits per heavy atom. The molecule has 0 saturated carbocycles. The lowest BCUT2D eigenvalue weighted by Crippen LogP contribution is -2.24. The Morgan fingerprint density at radius 1 is 0.966 bits per heavy atom. The number of amides is 3. The molecule has 2 heterocycles. The van der Waals surface area contributed by atoms with Crippen LogP contribution < -0.4 is 21.9 Å². The van der Waals surface area contributed by atoms with E-state index in [4.69, 9.17) is 5.73 Å². The zero-order chi connectivity index (χ0) is 20.5. The number of imide groups is 1. The molecule has 29 heavy (non-hydrogen) atoms. The number of carbonyl (C=O) groups excluding carboxylic acids is 3. The van der Waals surface area contributed by atoms with Crippen LogP contribution in [0.1, 0.15) is 26.3 Å². The normalized spacial score (nSPS) is 12.4. The number of fused-ring (bicyclic) bond motifs is 1. The number of hydrogen-bond acceptors (Lipinski definition) is 5. The van der Waals surface area contributed by atoms with Crippen LogP contribution in [0.5, 0.6) is 0 Å². The van der Waals surface area contributed by atoms with Crippen molar-refractivity contribution in [2.45, 2.75) is 6.42 Å². The Hall–Kier alpha value is -4.20. The molecule has 0 bridgehead atoms. The number of anilines is 2. The number of nitrogen functional groups attached to an aromatic ring is 1. The molecule has 8 heteroatoms. The van der Waals surface area contributed by atoms with Gasteiger partial charge in [0, 0.05) is 11.8 Å². The third-order valence-corrected chi connectivity index (χ3v) is 4.57. The average Bonchev–Trinajstić information content (AvgIpc) is 2.97. The van der Waals surface area contributed by atoms with Gasteiger partial charge in [-0.15, -0.1) is 0 Å². The lowest BCUT2D eigenvalue weighted by atomic mass is 10.1. The van der Waals surface area contributed by atoms with Gasteiger partial charge in [0.2, 0.25) is 5.91 Å². The van der Waals surface area contributed by atoms with Crippen molar-refractivity contribution in [1.29, 1.82) is 0 Å². The molecular weight excluding hydrogens is 372 g/mol. The zero-order valence-corrected chi connectivity index (χ0v) is 15.1. The van der Waals surface area contributed by atoms with Crippen molar-refractivity contribution in [3.8, 4) is 5.69 Å². The van der Waals surface area contributed by atoms with Gasteiger partial charge < -0.3 is 11.1 Å². The number of nitrogens with two attached hydrogens (primary N) is 1. The summed E-state index contributed by atoms with van der Waals surface area (Å²) in [4.78, 5) is 48.3. The van der Waals surface area contributed by atoms with Crippen LogP contribution in [0.15, 0.2) is 65.5 Å². The number of nitrogens with zero attached hydrogens (tertiary/aromatic N) is 1. The van der Waals surface area contributed by atoms with Gasteiger partial charge in [-0.25, -0.2) is 0 Å². The quantitative estimate of drug-likeness (QED) is 0.584. The van der Waals surface area contributed by atoms with Crippen LogP contribution in [0.3, 0.4) is 0 Å². The van der Waals surface area contributed by atoms with Crippen molar-refractivity contribution < 1.29 is 14.4 Å². The van der Waals surface area contributed by atoms with Gasteiger partial charge in [-0.05, 0) is 29.8 Å². The molecule has 0 atom stereocenters. The molecule has 1 aliphatic heterocycles. The van der Waals surface area contributed by atoms with Crippen LogP contribution in [0, 0.1) is 0 Å². The molecule has 2 aromatic carbocycles. The maximum absolute atomic E-state index is 12.4. The van der Waals surface area contributed by atoms with Gasteiger partial charge in [0.15, 0.2) is 0 Å². The van der Waals surface area contributed by atoms with Gasteiger partial charge >= 0.3 is 0 Å². The minimum atomic E-state index is -0.641. The molecule has 144 valence electrons. The molecule has 0 spiro atoms. The number of pyridine rings is 1. The van der Waals surface area contributed by atoms with E-state index in [0.29, 0.717) is 11.4 Å². The molecule has 8 nitrogen and oxygen atoms in total. The number of rotatable bonds is 4. The fraction of sp³-hybridized carbons (Fsp3) is 0.0476. The summed E-state index contributed by atoms with van der Waals surface area (Å²) in [5, 5.41) is 4.91. The summed E-state index contributed by atoms with van der Waals surface area (Å²) in [5.41, 5.74) is 7.27. The zero-order valence-electron chi connectivity index (χ0n) is 15.1. The smallest absolute Gasteiger partial charge is 0.262 e. The highest BCUT2D eigenvalue weighted by atomic mass is 16.2. The number of nitrogens with one attached hydrogen (secondary N) is 2. The topological polar surface area (TPSA) is 123 Å². The third-order valence-electron chi connectivity index (χ3n) is 4.57. The predicted octanol–water partition coefficient (Wildman–Crippen LogP) is 1.48. The molecule has 0 unspecified atom stereocenters. The second kappa shape index (κ2) is 7.08. The second-order valence-corrected chi connectivity index (χ2v) is 6.53. The molecule has 3 aromatic rings. The first kappa shape index (κ1) is 18.2. The van der Waals surface area contributed by atoms with Gasteiger partial charge in [-0.1, -0.05) is 30.3 Å². The van der Waals surface area contributed by atoms with Crippen LogP contribution in [0.4, 0.5) is 11.5 Å². The Morgan fingerprint density at radius 2 is 1.66 bits per heavy atom. The van der Waals surface area contributed by atoms with E-state index in [0.717, 1.165) is 16.2 Å². The third kappa shape index (κ3) is 3.39. The SMILES string of the molecule is Nc1c2c(cc(=O)n1-c1ccc(NC(=O)Cc3ccccc3)cc1)C(=O)NC2=O. The van der Waals surface area contributed by atoms with E-state index in [-0.39, 0.29) is 29.3 Å². The molecule has 0 fully saturated rings. The summed E-state index contributed by atoms with van der Waals surface area (Å²) < 4.78 is 1.15. The van der Waals surface area contributed by atoms with Gasteiger partial charge in [0.1, 0.15) is 5.82 Å². The number of aromatic nitrogens is 1. The Bertz CT molecular complexity index is 1200. The van der Waals surface area contributed by atoms with Crippen LogP contribution in [-0.2, 0) is 11.2 Å². The highest BCUT2D eigenvalue weighted by Gasteiger charge is 2.31. The van der Waals surface area contributed by atoms with E-state index in [1.165, 1.54) is 0 Å². The summed E-state index contributed by atoms with van der Waals surface area (Å²) >= 11 is 0. The van der Waals surface area contributed by atoms with E-state index in [1.807, 2.05) is 30.3 Å². The van der Waals surface area contributed by atoms with E-state index in [9.17, 15) is 19.2 Å². The van der Waals surface area contributed by atoms with Crippen LogP contribution >= 0.6 is 0 Å². The van der Waals surface area contributed by atoms with Crippen molar-refractivity contribution in [2.75, 3.05) is 11.1 Å². The molecular formula is C21H16N4O4. The van der Waals surface area contributed by atoms with Gasteiger partial charge in [-0.3, -0.25) is 29.1 Å². The van der Waals surface area contributed by atoms with Crippen LogP contribution in [0.25, 0.3) is 5.69 Å². The summed E-state index contributed by atoms with van der Waals surface area (Å²) in [6.45, 7) is 0. The summed E-state index contributed by atoms with van der Waals surface area (Å²) in [6, 6.07) is 16.9. The van der Waals surface area contributed by atoms with Crippen molar-refractivity contribution >= 4 is 29.2 Å². The Balaban J connectivity index is 1.58. The largest absolute Gasteiger partial charge is 0.384 e. The molecule has 0 saturated heterocycles. The maximum atomic E-state index is 12.4.